The van der Waals surface area contributed by atoms with E-state index in [-0.39, 0.29) is 6.03 Å². The van der Waals surface area contributed by atoms with Crippen LogP contribution >= 0.6 is 11.3 Å². The van der Waals surface area contributed by atoms with Crippen molar-refractivity contribution in [1.29, 1.82) is 0 Å². The van der Waals surface area contributed by atoms with Crippen molar-refractivity contribution in [1.82, 2.24) is 25.3 Å². The average molecular weight is 357 g/mol. The van der Waals surface area contributed by atoms with E-state index in [1.54, 1.807) is 18.4 Å². The Labute approximate surface area is 148 Å². The molecule has 1 aliphatic heterocycles. The lowest BCUT2D eigenvalue weighted by Gasteiger charge is -2.12. The molecule has 3 aromatic rings. The van der Waals surface area contributed by atoms with Crippen LogP contribution in [-0.2, 0) is 13.6 Å². The lowest BCUT2D eigenvalue weighted by Crippen LogP contribution is -2.28. The molecule has 2 N–H and O–H groups in total. The molecule has 0 aliphatic carbocycles. The molecule has 0 saturated carbocycles. The molecule has 2 aromatic heterocycles. The number of aromatic nitrogens is 4. The Kier molecular flexibility index (Phi) is 4.22. The predicted octanol–water partition coefficient (Wildman–Crippen LogP) is 2.35. The van der Waals surface area contributed by atoms with E-state index in [9.17, 15) is 4.79 Å². The van der Waals surface area contributed by atoms with Crippen LogP contribution in [-0.4, -0.2) is 39.1 Å². The number of aryl methyl sites for hydroxylation is 1. The zero-order valence-corrected chi connectivity index (χ0v) is 14.7. The minimum atomic E-state index is -0.283. The molecular weight excluding hydrogens is 338 g/mol. The monoisotopic (exact) mass is 357 g/mol. The summed E-state index contributed by atoms with van der Waals surface area (Å²) in [6, 6.07) is 5.23. The number of carbonyl (C=O) groups excluding carboxylic acids is 1. The van der Waals surface area contributed by atoms with Crippen molar-refractivity contribution in [2.75, 3.05) is 23.3 Å². The quantitative estimate of drug-likeness (QED) is 0.748. The van der Waals surface area contributed by atoms with Gasteiger partial charge in [0, 0.05) is 25.5 Å². The number of amides is 2. The summed E-state index contributed by atoms with van der Waals surface area (Å²) in [4.78, 5) is 20.6. The number of urea groups is 1. The lowest BCUT2D eigenvalue weighted by atomic mass is 10.2. The van der Waals surface area contributed by atoms with Crippen molar-refractivity contribution in [3.8, 4) is 0 Å². The van der Waals surface area contributed by atoms with E-state index in [0.717, 1.165) is 29.4 Å². The molecule has 1 fully saturated rings. The van der Waals surface area contributed by atoms with E-state index in [2.05, 4.69) is 30.7 Å². The van der Waals surface area contributed by atoms with Gasteiger partial charge < -0.3 is 15.5 Å². The Morgan fingerprint density at radius 1 is 1.28 bits per heavy atom. The van der Waals surface area contributed by atoms with E-state index in [4.69, 9.17) is 0 Å². The number of benzene rings is 1. The number of anilines is 2. The van der Waals surface area contributed by atoms with Gasteiger partial charge in [0.05, 0.1) is 17.9 Å². The standard InChI is InChI=1S/C16H19N7OS/c1-22-20-13-6-4-5-12(14(13)21-22)19-15(24)17-9-11-10-25-16(18-11)23-7-2-3-8-23/h4-6,10H,2-3,7-9H2,1H3,(H2,17,19,24). The highest BCUT2D eigenvalue weighted by Gasteiger charge is 2.16. The molecule has 0 spiro atoms. The summed E-state index contributed by atoms with van der Waals surface area (Å²) < 4.78 is 0. The number of rotatable bonds is 4. The van der Waals surface area contributed by atoms with E-state index in [0.29, 0.717) is 17.7 Å². The zero-order chi connectivity index (χ0) is 17.2. The molecule has 1 aliphatic rings. The molecule has 4 rings (SSSR count). The molecule has 0 atom stereocenters. The van der Waals surface area contributed by atoms with Crippen molar-refractivity contribution >= 4 is 39.2 Å². The molecule has 3 heterocycles. The van der Waals surface area contributed by atoms with Crippen LogP contribution in [0, 0.1) is 0 Å². The summed E-state index contributed by atoms with van der Waals surface area (Å²) in [7, 11) is 1.75. The molecular formula is C16H19N7OS. The molecule has 8 nitrogen and oxygen atoms in total. The molecule has 1 saturated heterocycles. The maximum absolute atomic E-state index is 12.2. The maximum atomic E-state index is 12.2. The van der Waals surface area contributed by atoms with Crippen molar-refractivity contribution < 1.29 is 4.79 Å². The first kappa shape index (κ1) is 15.8. The van der Waals surface area contributed by atoms with Gasteiger partial charge in [-0.2, -0.15) is 15.0 Å². The van der Waals surface area contributed by atoms with Gasteiger partial charge in [-0.05, 0) is 25.0 Å². The summed E-state index contributed by atoms with van der Waals surface area (Å²) in [6.45, 7) is 2.54. The lowest BCUT2D eigenvalue weighted by molar-refractivity contribution is 0.251. The molecule has 0 unspecified atom stereocenters. The fourth-order valence-electron chi connectivity index (χ4n) is 2.91. The van der Waals surface area contributed by atoms with Crippen LogP contribution in [0.5, 0.6) is 0 Å². The second kappa shape index (κ2) is 6.67. The highest BCUT2D eigenvalue weighted by Crippen LogP contribution is 2.24. The van der Waals surface area contributed by atoms with Crippen LogP contribution in [0.15, 0.2) is 23.6 Å². The number of thiazole rings is 1. The third-order valence-electron chi connectivity index (χ3n) is 4.11. The Morgan fingerprint density at radius 2 is 2.12 bits per heavy atom. The number of carbonyl (C=O) groups is 1. The predicted molar refractivity (Wildman–Crippen MR) is 97.9 cm³/mol. The number of hydrogen-bond acceptors (Lipinski definition) is 6. The molecule has 1 aromatic carbocycles. The van der Waals surface area contributed by atoms with Crippen molar-refractivity contribution in [3.63, 3.8) is 0 Å². The number of nitrogens with one attached hydrogen (secondary N) is 2. The van der Waals surface area contributed by atoms with Gasteiger partial charge >= 0.3 is 6.03 Å². The minimum Gasteiger partial charge on any atom is -0.348 e. The molecule has 0 bridgehead atoms. The number of nitrogens with zero attached hydrogens (tertiary/aromatic N) is 5. The van der Waals surface area contributed by atoms with Gasteiger partial charge in [0.1, 0.15) is 11.0 Å². The summed E-state index contributed by atoms with van der Waals surface area (Å²) in [5.41, 5.74) is 2.93. The summed E-state index contributed by atoms with van der Waals surface area (Å²) in [5.74, 6) is 0. The fourth-order valence-corrected chi connectivity index (χ4v) is 3.79. The topological polar surface area (TPSA) is 88.0 Å². The van der Waals surface area contributed by atoms with E-state index >= 15 is 0 Å². The SMILES string of the molecule is Cn1nc2cccc(NC(=O)NCc3csc(N4CCCC4)n3)c2n1. The average Bonchev–Trinajstić information content (AvgIpc) is 3.32. The van der Waals surface area contributed by atoms with Gasteiger partial charge in [-0.25, -0.2) is 9.78 Å². The fraction of sp³-hybridized carbons (Fsp3) is 0.375. The highest BCUT2D eigenvalue weighted by atomic mass is 32.1. The van der Waals surface area contributed by atoms with Gasteiger partial charge in [0.25, 0.3) is 0 Å². The number of fused-ring (bicyclic) bond motifs is 1. The summed E-state index contributed by atoms with van der Waals surface area (Å²) in [6.07, 6.45) is 2.45. The third kappa shape index (κ3) is 3.41. The summed E-state index contributed by atoms with van der Waals surface area (Å²) in [5, 5.41) is 17.2. The molecule has 130 valence electrons. The van der Waals surface area contributed by atoms with Gasteiger partial charge in [-0.1, -0.05) is 6.07 Å². The zero-order valence-electron chi connectivity index (χ0n) is 13.9. The smallest absolute Gasteiger partial charge is 0.319 e. The van der Waals surface area contributed by atoms with Gasteiger partial charge in [-0.15, -0.1) is 11.3 Å². The second-order valence-corrected chi connectivity index (χ2v) is 6.82. The van der Waals surface area contributed by atoms with Crippen LogP contribution in [0.3, 0.4) is 0 Å². The first-order valence-corrected chi connectivity index (χ1v) is 9.11. The Bertz CT molecular complexity index is 897. The van der Waals surface area contributed by atoms with Crippen LogP contribution in [0.1, 0.15) is 18.5 Å². The first-order chi connectivity index (χ1) is 12.2. The minimum absolute atomic E-state index is 0.283. The van der Waals surface area contributed by atoms with Crippen LogP contribution in [0.25, 0.3) is 11.0 Å². The summed E-state index contributed by atoms with van der Waals surface area (Å²) >= 11 is 1.63. The second-order valence-electron chi connectivity index (χ2n) is 5.99. The number of hydrogen-bond donors (Lipinski definition) is 2. The Morgan fingerprint density at radius 3 is 2.96 bits per heavy atom. The Balaban J connectivity index is 1.37. The molecule has 9 heteroatoms. The molecule has 25 heavy (non-hydrogen) atoms. The molecule has 0 radical (unpaired) electrons. The van der Waals surface area contributed by atoms with Gasteiger partial charge in [0.2, 0.25) is 0 Å². The maximum Gasteiger partial charge on any atom is 0.319 e. The normalized spacial score (nSPS) is 14.2. The van der Waals surface area contributed by atoms with Crippen molar-refractivity contribution in [2.24, 2.45) is 7.05 Å². The van der Waals surface area contributed by atoms with Crippen LogP contribution in [0.2, 0.25) is 0 Å². The van der Waals surface area contributed by atoms with E-state index in [1.165, 1.54) is 17.6 Å². The largest absolute Gasteiger partial charge is 0.348 e. The third-order valence-corrected chi connectivity index (χ3v) is 5.06. The Hall–Kier alpha value is -2.68. The van der Waals surface area contributed by atoms with Gasteiger partial charge in [-0.3, -0.25) is 0 Å². The van der Waals surface area contributed by atoms with E-state index < -0.39 is 0 Å². The van der Waals surface area contributed by atoms with Crippen LogP contribution in [0.4, 0.5) is 15.6 Å². The van der Waals surface area contributed by atoms with E-state index in [1.807, 2.05) is 23.6 Å². The van der Waals surface area contributed by atoms with Crippen molar-refractivity contribution in [2.45, 2.75) is 19.4 Å². The molecule has 2 amide bonds. The first-order valence-electron chi connectivity index (χ1n) is 8.23. The van der Waals surface area contributed by atoms with Crippen LogP contribution < -0.4 is 15.5 Å². The highest BCUT2D eigenvalue weighted by molar-refractivity contribution is 7.13. The van der Waals surface area contributed by atoms with Gasteiger partial charge in [0.15, 0.2) is 5.13 Å². The van der Waals surface area contributed by atoms with Crippen molar-refractivity contribution in [3.05, 3.63) is 29.3 Å².